The van der Waals surface area contributed by atoms with Crippen LogP contribution in [0.2, 0.25) is 0 Å². The molecule has 0 bridgehead atoms. The van der Waals surface area contributed by atoms with Crippen LogP contribution in [0.5, 0.6) is 11.5 Å². The molecule has 0 heterocycles. The van der Waals surface area contributed by atoms with Gasteiger partial charge in [0.1, 0.15) is 18.1 Å². The van der Waals surface area contributed by atoms with Crippen molar-refractivity contribution in [2.45, 2.75) is 13.8 Å². The van der Waals surface area contributed by atoms with E-state index in [0.717, 1.165) is 27.6 Å². The van der Waals surface area contributed by atoms with E-state index in [1.807, 2.05) is 68.4 Å². The molecule has 1 amide bonds. The first-order valence-electron chi connectivity index (χ1n) is 8.71. The Morgan fingerprint density at radius 1 is 0.923 bits per heavy atom. The van der Waals surface area contributed by atoms with Crippen molar-refractivity contribution >= 4 is 16.7 Å². The Morgan fingerprint density at radius 2 is 1.73 bits per heavy atom. The molecule has 0 spiro atoms. The van der Waals surface area contributed by atoms with E-state index < -0.39 is 0 Å². The molecular formula is C22H23NO3. The predicted octanol–water partition coefficient (Wildman–Crippen LogP) is 4.03. The number of ether oxygens (including phenoxy) is 2. The fourth-order valence-corrected chi connectivity index (χ4v) is 2.73. The van der Waals surface area contributed by atoms with Crippen LogP contribution in [0.3, 0.4) is 0 Å². The maximum Gasteiger partial charge on any atom is 0.258 e. The van der Waals surface area contributed by atoms with E-state index in [1.54, 1.807) is 0 Å². The van der Waals surface area contributed by atoms with Crippen LogP contribution in [0, 0.1) is 13.8 Å². The highest BCUT2D eigenvalue weighted by Gasteiger charge is 2.06. The lowest BCUT2D eigenvalue weighted by Crippen LogP contribution is -2.32. The molecule has 4 nitrogen and oxygen atoms in total. The van der Waals surface area contributed by atoms with Gasteiger partial charge in [0.25, 0.3) is 5.91 Å². The van der Waals surface area contributed by atoms with Crippen LogP contribution in [0.25, 0.3) is 10.8 Å². The third-order valence-electron chi connectivity index (χ3n) is 4.13. The van der Waals surface area contributed by atoms with Crippen molar-refractivity contribution in [3.8, 4) is 11.5 Å². The number of aryl methyl sites for hydroxylation is 2. The summed E-state index contributed by atoms with van der Waals surface area (Å²) in [5.41, 5.74) is 2.24. The van der Waals surface area contributed by atoms with E-state index in [-0.39, 0.29) is 12.5 Å². The van der Waals surface area contributed by atoms with Crippen LogP contribution < -0.4 is 14.8 Å². The second kappa shape index (κ2) is 8.39. The molecule has 0 unspecified atom stereocenters. The molecule has 0 fully saturated rings. The lowest BCUT2D eigenvalue weighted by atomic mass is 10.1. The number of benzene rings is 3. The highest BCUT2D eigenvalue weighted by atomic mass is 16.5. The van der Waals surface area contributed by atoms with Gasteiger partial charge in [0.15, 0.2) is 6.61 Å². The van der Waals surface area contributed by atoms with Gasteiger partial charge < -0.3 is 14.8 Å². The zero-order valence-electron chi connectivity index (χ0n) is 15.1. The second-order valence-electron chi connectivity index (χ2n) is 6.23. The van der Waals surface area contributed by atoms with Crippen molar-refractivity contribution in [1.82, 2.24) is 5.32 Å². The number of amides is 1. The first-order chi connectivity index (χ1) is 12.6. The molecule has 0 aliphatic rings. The fraction of sp³-hybridized carbons (Fsp3) is 0.227. The average molecular weight is 349 g/mol. The molecule has 134 valence electrons. The van der Waals surface area contributed by atoms with Crippen molar-refractivity contribution in [3.63, 3.8) is 0 Å². The zero-order chi connectivity index (χ0) is 18.4. The lowest BCUT2D eigenvalue weighted by molar-refractivity contribution is -0.123. The van der Waals surface area contributed by atoms with Crippen molar-refractivity contribution in [2.75, 3.05) is 19.8 Å². The molecule has 0 aliphatic heterocycles. The summed E-state index contributed by atoms with van der Waals surface area (Å²) >= 11 is 0. The van der Waals surface area contributed by atoms with Gasteiger partial charge in [-0.2, -0.15) is 0 Å². The highest BCUT2D eigenvalue weighted by Crippen LogP contribution is 2.25. The van der Waals surface area contributed by atoms with Crippen LogP contribution in [0.15, 0.2) is 60.7 Å². The van der Waals surface area contributed by atoms with Crippen molar-refractivity contribution in [3.05, 3.63) is 71.8 Å². The van der Waals surface area contributed by atoms with Gasteiger partial charge in [0.2, 0.25) is 0 Å². The first-order valence-corrected chi connectivity index (χ1v) is 8.71. The molecule has 3 aromatic carbocycles. The number of rotatable bonds is 7. The molecule has 4 heteroatoms. The van der Waals surface area contributed by atoms with E-state index in [0.29, 0.717) is 18.9 Å². The molecule has 0 saturated carbocycles. The number of fused-ring (bicyclic) bond motifs is 1. The number of hydrogen-bond acceptors (Lipinski definition) is 3. The maximum atomic E-state index is 12.0. The molecule has 0 aliphatic carbocycles. The summed E-state index contributed by atoms with van der Waals surface area (Å²) in [6.45, 7) is 4.87. The largest absolute Gasteiger partial charge is 0.491 e. The third-order valence-corrected chi connectivity index (χ3v) is 4.13. The summed E-state index contributed by atoms with van der Waals surface area (Å²) in [7, 11) is 0. The van der Waals surface area contributed by atoms with E-state index in [9.17, 15) is 4.79 Å². The normalized spacial score (nSPS) is 10.5. The van der Waals surface area contributed by atoms with E-state index in [1.165, 1.54) is 0 Å². The molecule has 0 aromatic heterocycles. The van der Waals surface area contributed by atoms with E-state index in [2.05, 4.69) is 11.4 Å². The SMILES string of the molecule is Cc1ccc(C)c(OCCNC(=O)COc2cccc3ccccc23)c1. The van der Waals surface area contributed by atoms with Crippen molar-refractivity contribution in [2.24, 2.45) is 0 Å². The van der Waals surface area contributed by atoms with Crippen molar-refractivity contribution in [1.29, 1.82) is 0 Å². The van der Waals surface area contributed by atoms with Gasteiger partial charge in [0.05, 0.1) is 6.54 Å². The number of carbonyl (C=O) groups is 1. The van der Waals surface area contributed by atoms with Crippen LogP contribution in [0.4, 0.5) is 0 Å². The monoisotopic (exact) mass is 349 g/mol. The van der Waals surface area contributed by atoms with Crippen LogP contribution >= 0.6 is 0 Å². The Kier molecular flexibility index (Phi) is 5.74. The Labute approximate surface area is 153 Å². The third kappa shape index (κ3) is 4.54. The van der Waals surface area contributed by atoms with Crippen molar-refractivity contribution < 1.29 is 14.3 Å². The molecular weight excluding hydrogens is 326 g/mol. The van der Waals surface area contributed by atoms with Gasteiger partial charge in [-0.3, -0.25) is 4.79 Å². The van der Waals surface area contributed by atoms with Gasteiger partial charge >= 0.3 is 0 Å². The van der Waals surface area contributed by atoms with Gasteiger partial charge in [0, 0.05) is 5.39 Å². The smallest absolute Gasteiger partial charge is 0.258 e. The topological polar surface area (TPSA) is 47.6 Å². The summed E-state index contributed by atoms with van der Waals surface area (Å²) in [6.07, 6.45) is 0. The van der Waals surface area contributed by atoms with Crippen LogP contribution in [-0.2, 0) is 4.79 Å². The fourth-order valence-electron chi connectivity index (χ4n) is 2.73. The summed E-state index contributed by atoms with van der Waals surface area (Å²) in [4.78, 5) is 12.0. The number of nitrogens with one attached hydrogen (secondary N) is 1. The van der Waals surface area contributed by atoms with E-state index >= 15 is 0 Å². The van der Waals surface area contributed by atoms with Gasteiger partial charge in [-0.25, -0.2) is 0 Å². The minimum Gasteiger partial charge on any atom is -0.491 e. The Bertz CT molecular complexity index is 900. The minimum atomic E-state index is -0.164. The molecule has 26 heavy (non-hydrogen) atoms. The Morgan fingerprint density at radius 3 is 2.62 bits per heavy atom. The van der Waals surface area contributed by atoms with Gasteiger partial charge in [-0.05, 0) is 42.5 Å². The molecule has 3 rings (SSSR count). The van der Waals surface area contributed by atoms with Gasteiger partial charge in [-0.15, -0.1) is 0 Å². The first kappa shape index (κ1) is 17.8. The van der Waals surface area contributed by atoms with Crippen LogP contribution in [0.1, 0.15) is 11.1 Å². The van der Waals surface area contributed by atoms with Gasteiger partial charge in [-0.1, -0.05) is 48.5 Å². The standard InChI is InChI=1S/C22H23NO3/c1-16-10-11-17(2)21(14-16)25-13-12-23-22(24)15-26-20-9-5-7-18-6-3-4-8-19(18)20/h3-11,14H,12-13,15H2,1-2H3,(H,23,24). The summed E-state index contributed by atoms with van der Waals surface area (Å²) in [5.74, 6) is 1.40. The number of carbonyl (C=O) groups excluding carboxylic acids is 1. The van der Waals surface area contributed by atoms with Crippen LogP contribution in [-0.4, -0.2) is 25.7 Å². The Hall–Kier alpha value is -3.01. The summed E-state index contributed by atoms with van der Waals surface area (Å²) in [5, 5.41) is 4.91. The molecule has 1 N–H and O–H groups in total. The second-order valence-corrected chi connectivity index (χ2v) is 6.23. The molecule has 0 radical (unpaired) electrons. The molecule has 3 aromatic rings. The zero-order valence-corrected chi connectivity index (χ0v) is 15.1. The number of hydrogen-bond donors (Lipinski definition) is 1. The molecule has 0 atom stereocenters. The molecule has 0 saturated heterocycles. The maximum absolute atomic E-state index is 12.0. The highest BCUT2D eigenvalue weighted by molar-refractivity contribution is 5.88. The lowest BCUT2D eigenvalue weighted by Gasteiger charge is -2.12. The Balaban J connectivity index is 1.45. The van der Waals surface area contributed by atoms with E-state index in [4.69, 9.17) is 9.47 Å². The summed E-state index contributed by atoms with van der Waals surface area (Å²) in [6, 6.07) is 19.8. The minimum absolute atomic E-state index is 0.0164. The average Bonchev–Trinajstić information content (AvgIpc) is 2.66. The predicted molar refractivity (Wildman–Crippen MR) is 104 cm³/mol. The quantitative estimate of drug-likeness (QED) is 0.655. The summed E-state index contributed by atoms with van der Waals surface area (Å²) < 4.78 is 11.4.